The van der Waals surface area contributed by atoms with Crippen molar-refractivity contribution in [3.05, 3.63) is 0 Å². The van der Waals surface area contributed by atoms with Crippen molar-refractivity contribution < 1.29 is 4.79 Å². The molecule has 0 aliphatic carbocycles. The first-order valence-corrected chi connectivity index (χ1v) is 7.90. The van der Waals surface area contributed by atoms with Crippen LogP contribution in [0.4, 0.5) is 0 Å². The Labute approximate surface area is 147 Å². The van der Waals surface area contributed by atoms with Gasteiger partial charge in [-0.15, -0.1) is 24.8 Å². The van der Waals surface area contributed by atoms with Gasteiger partial charge >= 0.3 is 0 Å². The maximum atomic E-state index is 12.4. The summed E-state index contributed by atoms with van der Waals surface area (Å²) in [6.45, 7) is 14.0. The van der Waals surface area contributed by atoms with Gasteiger partial charge < -0.3 is 15.5 Å². The van der Waals surface area contributed by atoms with Gasteiger partial charge in [-0.3, -0.25) is 9.69 Å². The minimum absolute atomic E-state index is 0. The number of carbonyl (C=O) groups is 1. The summed E-state index contributed by atoms with van der Waals surface area (Å²) in [5.74, 6) is 0.273. The van der Waals surface area contributed by atoms with Crippen molar-refractivity contribution in [2.24, 2.45) is 11.1 Å². The minimum atomic E-state index is 0. The van der Waals surface area contributed by atoms with E-state index < -0.39 is 0 Å². The molecule has 1 atom stereocenters. The molecule has 132 valence electrons. The van der Waals surface area contributed by atoms with Crippen LogP contribution in [0.2, 0.25) is 0 Å². The number of amides is 1. The highest BCUT2D eigenvalue weighted by molar-refractivity contribution is 5.85. The van der Waals surface area contributed by atoms with E-state index in [1.165, 1.54) is 0 Å². The summed E-state index contributed by atoms with van der Waals surface area (Å²) >= 11 is 0. The van der Waals surface area contributed by atoms with Crippen LogP contribution in [0, 0.1) is 5.41 Å². The molecule has 2 aliphatic rings. The van der Waals surface area contributed by atoms with Gasteiger partial charge in [-0.05, 0) is 18.4 Å². The molecule has 0 spiro atoms. The molecule has 0 saturated carbocycles. The van der Waals surface area contributed by atoms with E-state index in [1.54, 1.807) is 0 Å². The van der Waals surface area contributed by atoms with Crippen molar-refractivity contribution in [2.45, 2.75) is 33.2 Å². The maximum absolute atomic E-state index is 12.4. The lowest BCUT2D eigenvalue weighted by Crippen LogP contribution is -2.56. The number of piperidine rings is 1. The zero-order valence-corrected chi connectivity index (χ0v) is 15.7. The number of likely N-dealkylation sites (tertiary alicyclic amines) is 1. The van der Waals surface area contributed by atoms with Crippen molar-refractivity contribution in [1.82, 2.24) is 14.7 Å². The van der Waals surface area contributed by atoms with Crippen molar-refractivity contribution >= 4 is 30.7 Å². The number of halogens is 2. The Bertz CT molecular complexity index is 346. The number of hydrogen-bond donors (Lipinski definition) is 1. The quantitative estimate of drug-likeness (QED) is 0.822. The van der Waals surface area contributed by atoms with Gasteiger partial charge in [0.05, 0.1) is 6.54 Å². The highest BCUT2D eigenvalue weighted by atomic mass is 35.5. The Morgan fingerprint density at radius 1 is 1.09 bits per heavy atom. The predicted octanol–water partition coefficient (Wildman–Crippen LogP) is 1.05. The standard InChI is InChI=1S/C15H30N4O.2ClH/c1-4-17-7-9-18(10-8-17)11-14(20)19-6-5-13(16)15(2,3)12-19;;/h13H,4-12,16H2,1-3H3;2*1H. The minimum Gasteiger partial charge on any atom is -0.341 e. The molecule has 0 radical (unpaired) electrons. The lowest BCUT2D eigenvalue weighted by molar-refractivity contribution is -0.136. The second kappa shape index (κ2) is 9.28. The molecule has 2 fully saturated rings. The smallest absolute Gasteiger partial charge is 0.236 e. The first-order chi connectivity index (χ1) is 9.42. The number of nitrogens with zero attached hydrogens (tertiary/aromatic N) is 3. The Kier molecular flexibility index (Phi) is 9.25. The maximum Gasteiger partial charge on any atom is 0.236 e. The molecular weight excluding hydrogens is 323 g/mol. The molecule has 1 amide bonds. The van der Waals surface area contributed by atoms with Gasteiger partial charge in [0.25, 0.3) is 0 Å². The van der Waals surface area contributed by atoms with Crippen LogP contribution < -0.4 is 5.73 Å². The van der Waals surface area contributed by atoms with E-state index in [9.17, 15) is 4.79 Å². The molecule has 0 aromatic carbocycles. The second-order valence-electron chi connectivity index (χ2n) is 6.91. The Morgan fingerprint density at radius 2 is 1.64 bits per heavy atom. The summed E-state index contributed by atoms with van der Waals surface area (Å²) < 4.78 is 0. The summed E-state index contributed by atoms with van der Waals surface area (Å²) in [5, 5.41) is 0. The van der Waals surface area contributed by atoms with Crippen molar-refractivity contribution in [1.29, 1.82) is 0 Å². The lowest BCUT2D eigenvalue weighted by Gasteiger charge is -2.43. The third-order valence-electron chi connectivity index (χ3n) is 4.94. The van der Waals surface area contributed by atoms with E-state index in [1.807, 2.05) is 4.90 Å². The van der Waals surface area contributed by atoms with Crippen molar-refractivity contribution in [3.8, 4) is 0 Å². The van der Waals surface area contributed by atoms with E-state index in [0.717, 1.165) is 52.2 Å². The van der Waals surface area contributed by atoms with Crippen LogP contribution >= 0.6 is 24.8 Å². The van der Waals surface area contributed by atoms with E-state index >= 15 is 0 Å². The van der Waals surface area contributed by atoms with Crippen LogP contribution in [0.25, 0.3) is 0 Å². The van der Waals surface area contributed by atoms with Gasteiger partial charge in [0.1, 0.15) is 0 Å². The van der Waals surface area contributed by atoms with Gasteiger partial charge in [0.2, 0.25) is 5.91 Å². The molecule has 0 bridgehead atoms. The monoisotopic (exact) mass is 354 g/mol. The average molecular weight is 355 g/mol. The Balaban J connectivity index is 0.00000220. The topological polar surface area (TPSA) is 52.8 Å². The molecule has 2 N–H and O–H groups in total. The molecular formula is C15H32Cl2N4O. The van der Waals surface area contributed by atoms with Crippen molar-refractivity contribution in [2.75, 3.05) is 52.4 Å². The zero-order valence-electron chi connectivity index (χ0n) is 14.1. The fourth-order valence-electron chi connectivity index (χ4n) is 3.14. The molecule has 0 aromatic heterocycles. The van der Waals surface area contributed by atoms with Crippen LogP contribution in [-0.4, -0.2) is 79.0 Å². The van der Waals surface area contributed by atoms with Crippen LogP contribution in [0.1, 0.15) is 27.2 Å². The summed E-state index contributed by atoms with van der Waals surface area (Å²) in [7, 11) is 0. The summed E-state index contributed by atoms with van der Waals surface area (Å²) in [4.78, 5) is 19.2. The number of rotatable bonds is 3. The van der Waals surface area contributed by atoms with E-state index in [4.69, 9.17) is 5.73 Å². The highest BCUT2D eigenvalue weighted by Gasteiger charge is 2.35. The van der Waals surface area contributed by atoms with Gasteiger partial charge in [0.15, 0.2) is 0 Å². The molecule has 1 unspecified atom stereocenters. The number of hydrogen-bond acceptors (Lipinski definition) is 4. The van der Waals surface area contributed by atoms with Gasteiger partial charge in [0, 0.05) is 45.3 Å². The summed E-state index contributed by atoms with van der Waals surface area (Å²) in [5.41, 5.74) is 6.17. The fraction of sp³-hybridized carbons (Fsp3) is 0.933. The normalized spacial score (nSPS) is 26.0. The van der Waals surface area contributed by atoms with Crippen LogP contribution in [-0.2, 0) is 4.79 Å². The largest absolute Gasteiger partial charge is 0.341 e. The summed E-state index contributed by atoms with van der Waals surface area (Å²) in [6.07, 6.45) is 0.919. The molecule has 5 nitrogen and oxygen atoms in total. The molecule has 2 saturated heterocycles. The Hall–Kier alpha value is -0.0700. The second-order valence-corrected chi connectivity index (χ2v) is 6.91. The van der Waals surface area contributed by atoms with E-state index in [2.05, 4.69) is 30.6 Å². The summed E-state index contributed by atoms with van der Waals surface area (Å²) in [6, 6.07) is 0.208. The number of carbonyl (C=O) groups excluding carboxylic acids is 1. The third-order valence-corrected chi connectivity index (χ3v) is 4.94. The van der Waals surface area contributed by atoms with E-state index in [0.29, 0.717) is 6.54 Å². The molecule has 7 heteroatoms. The number of piperazine rings is 1. The number of nitrogens with two attached hydrogens (primary N) is 1. The van der Waals surface area contributed by atoms with Gasteiger partial charge in [-0.25, -0.2) is 0 Å². The molecule has 22 heavy (non-hydrogen) atoms. The molecule has 0 aromatic rings. The van der Waals surface area contributed by atoms with Gasteiger partial charge in [-0.2, -0.15) is 0 Å². The first kappa shape index (κ1) is 21.9. The van der Waals surface area contributed by atoms with Crippen LogP contribution in [0.5, 0.6) is 0 Å². The average Bonchev–Trinajstić information content (AvgIpc) is 2.42. The lowest BCUT2D eigenvalue weighted by atomic mass is 9.79. The van der Waals surface area contributed by atoms with Crippen molar-refractivity contribution in [3.63, 3.8) is 0 Å². The van der Waals surface area contributed by atoms with Gasteiger partial charge in [-0.1, -0.05) is 20.8 Å². The predicted molar refractivity (Wildman–Crippen MR) is 96.0 cm³/mol. The molecule has 2 aliphatic heterocycles. The highest BCUT2D eigenvalue weighted by Crippen LogP contribution is 2.27. The SMILES string of the molecule is CCN1CCN(CC(=O)N2CCC(N)C(C)(C)C2)CC1.Cl.Cl. The third kappa shape index (κ3) is 5.53. The fourth-order valence-corrected chi connectivity index (χ4v) is 3.14. The van der Waals surface area contributed by atoms with Crippen LogP contribution in [0.3, 0.4) is 0 Å². The van der Waals surface area contributed by atoms with Crippen LogP contribution in [0.15, 0.2) is 0 Å². The number of likely N-dealkylation sites (N-methyl/N-ethyl adjacent to an activating group) is 1. The molecule has 2 rings (SSSR count). The Morgan fingerprint density at radius 3 is 2.14 bits per heavy atom. The van der Waals surface area contributed by atoms with E-state index in [-0.39, 0.29) is 42.2 Å². The first-order valence-electron chi connectivity index (χ1n) is 7.90. The zero-order chi connectivity index (χ0) is 14.8. The molecule has 2 heterocycles.